The van der Waals surface area contributed by atoms with Gasteiger partial charge in [0, 0.05) is 30.6 Å². The van der Waals surface area contributed by atoms with Crippen LogP contribution in [0.15, 0.2) is 47.4 Å². The van der Waals surface area contributed by atoms with E-state index in [1.807, 2.05) is 6.92 Å². The van der Waals surface area contributed by atoms with Crippen LogP contribution in [0.25, 0.3) is 0 Å². The second kappa shape index (κ2) is 6.78. The maximum Gasteiger partial charge on any atom is 0.269 e. The van der Waals surface area contributed by atoms with Crippen LogP contribution < -0.4 is 5.32 Å². The molecular weight excluding hydrogens is 316 g/mol. The van der Waals surface area contributed by atoms with Gasteiger partial charge in [0.05, 0.1) is 9.82 Å². The van der Waals surface area contributed by atoms with Crippen LogP contribution in [0.2, 0.25) is 0 Å². The third-order valence-corrected chi connectivity index (χ3v) is 4.63. The molecule has 0 heterocycles. The fraction of sp³-hybridized carbons (Fsp3) is 0.250. The number of rotatable bonds is 6. The van der Waals surface area contributed by atoms with Crippen molar-refractivity contribution in [2.75, 3.05) is 18.1 Å². The lowest BCUT2D eigenvalue weighted by molar-refractivity contribution is -0.384. The number of anilines is 1. The highest BCUT2D eigenvalue weighted by Gasteiger charge is 2.08. The van der Waals surface area contributed by atoms with Crippen molar-refractivity contribution in [3.05, 3.63) is 63.7 Å². The van der Waals surface area contributed by atoms with Gasteiger partial charge in [0.2, 0.25) is 0 Å². The lowest BCUT2D eigenvalue weighted by Crippen LogP contribution is -2.06. The molecule has 0 saturated carbocycles. The number of hydrogen-bond acceptors (Lipinski definition) is 5. The molecule has 0 aliphatic rings. The molecule has 122 valence electrons. The molecular formula is C16H18N2O4S. The fourth-order valence-corrected chi connectivity index (χ4v) is 2.84. The monoisotopic (exact) mass is 334 g/mol. The van der Waals surface area contributed by atoms with Crippen molar-refractivity contribution in [2.24, 2.45) is 0 Å². The number of sulfone groups is 1. The lowest BCUT2D eigenvalue weighted by atomic mass is 10.1. The molecule has 0 fully saturated rings. The first-order valence-electron chi connectivity index (χ1n) is 7.05. The zero-order valence-corrected chi connectivity index (χ0v) is 13.8. The number of hydrogen-bond donors (Lipinski definition) is 1. The van der Waals surface area contributed by atoms with E-state index in [1.165, 1.54) is 18.4 Å². The summed E-state index contributed by atoms with van der Waals surface area (Å²) in [6.45, 7) is 2.47. The minimum Gasteiger partial charge on any atom is -0.384 e. The van der Waals surface area contributed by atoms with E-state index >= 15 is 0 Å². The quantitative estimate of drug-likeness (QED) is 0.648. The molecule has 23 heavy (non-hydrogen) atoms. The second-order valence-electron chi connectivity index (χ2n) is 5.35. The summed E-state index contributed by atoms with van der Waals surface area (Å²) >= 11 is 0. The molecule has 2 aromatic carbocycles. The Morgan fingerprint density at radius 2 is 1.78 bits per heavy atom. The number of nitro groups is 1. The van der Waals surface area contributed by atoms with E-state index in [4.69, 9.17) is 0 Å². The van der Waals surface area contributed by atoms with E-state index in [0.29, 0.717) is 11.4 Å². The van der Waals surface area contributed by atoms with Crippen molar-refractivity contribution in [1.82, 2.24) is 0 Å². The van der Waals surface area contributed by atoms with Crippen LogP contribution in [-0.4, -0.2) is 26.1 Å². The number of aryl methyl sites for hydroxylation is 1. The normalized spacial score (nSPS) is 11.2. The molecule has 0 unspecified atom stereocenters. The molecule has 2 aromatic rings. The van der Waals surface area contributed by atoms with Gasteiger partial charge in [0.1, 0.15) is 0 Å². The van der Waals surface area contributed by atoms with E-state index in [1.54, 1.807) is 30.3 Å². The molecule has 7 heteroatoms. The van der Waals surface area contributed by atoms with E-state index in [2.05, 4.69) is 5.32 Å². The van der Waals surface area contributed by atoms with Crippen molar-refractivity contribution in [1.29, 1.82) is 0 Å². The summed E-state index contributed by atoms with van der Waals surface area (Å²) in [6, 6.07) is 11.5. The van der Waals surface area contributed by atoms with Crippen molar-refractivity contribution in [3.63, 3.8) is 0 Å². The average Bonchev–Trinajstić information content (AvgIpc) is 2.48. The molecule has 6 nitrogen and oxygen atoms in total. The molecule has 0 amide bonds. The smallest absolute Gasteiger partial charge is 0.269 e. The maximum atomic E-state index is 11.4. The summed E-state index contributed by atoms with van der Waals surface area (Å²) in [5, 5.41) is 13.9. The van der Waals surface area contributed by atoms with Gasteiger partial charge >= 0.3 is 0 Å². The van der Waals surface area contributed by atoms with Gasteiger partial charge in [-0.2, -0.15) is 0 Å². The Morgan fingerprint density at radius 3 is 2.30 bits per heavy atom. The summed E-state index contributed by atoms with van der Waals surface area (Å²) in [4.78, 5) is 10.6. The zero-order valence-electron chi connectivity index (χ0n) is 12.9. The first-order valence-corrected chi connectivity index (χ1v) is 8.94. The highest BCUT2D eigenvalue weighted by Crippen LogP contribution is 2.21. The molecule has 0 aliphatic carbocycles. The fourth-order valence-electron chi connectivity index (χ4n) is 2.20. The van der Waals surface area contributed by atoms with E-state index in [-0.39, 0.29) is 5.69 Å². The SMILES string of the molecule is Cc1cc([N+](=O)[O-])ccc1NCCc1ccc(S(C)(=O)=O)cc1. The summed E-state index contributed by atoms with van der Waals surface area (Å²) in [6.07, 6.45) is 1.90. The van der Waals surface area contributed by atoms with E-state index < -0.39 is 14.8 Å². The first-order chi connectivity index (χ1) is 10.8. The van der Waals surface area contributed by atoms with Gasteiger partial charge in [-0.05, 0) is 42.7 Å². The van der Waals surface area contributed by atoms with Gasteiger partial charge in [-0.25, -0.2) is 8.42 Å². The Kier molecular flexibility index (Phi) is 5.00. The van der Waals surface area contributed by atoms with E-state index in [0.717, 1.165) is 23.2 Å². The van der Waals surface area contributed by atoms with E-state index in [9.17, 15) is 18.5 Å². The topological polar surface area (TPSA) is 89.3 Å². The number of nitrogens with one attached hydrogen (secondary N) is 1. The van der Waals surface area contributed by atoms with Crippen LogP contribution in [-0.2, 0) is 16.3 Å². The Morgan fingerprint density at radius 1 is 1.13 bits per heavy atom. The van der Waals surface area contributed by atoms with Gasteiger partial charge < -0.3 is 5.32 Å². The average molecular weight is 334 g/mol. The molecule has 2 rings (SSSR count). The number of nitro benzene ring substituents is 1. The second-order valence-corrected chi connectivity index (χ2v) is 7.36. The Balaban J connectivity index is 1.96. The molecule has 0 aromatic heterocycles. The first kappa shape index (κ1) is 17.0. The number of benzene rings is 2. The van der Waals surface area contributed by atoms with Crippen molar-refractivity contribution in [2.45, 2.75) is 18.2 Å². The van der Waals surface area contributed by atoms with Gasteiger partial charge in [-0.15, -0.1) is 0 Å². The highest BCUT2D eigenvalue weighted by molar-refractivity contribution is 7.90. The Labute approximate surface area is 135 Å². The minimum absolute atomic E-state index is 0.0735. The third kappa shape index (κ3) is 4.53. The van der Waals surface area contributed by atoms with Crippen molar-refractivity contribution < 1.29 is 13.3 Å². The standard InChI is InChI=1S/C16H18N2O4S/c1-12-11-14(18(19)20)5-8-16(12)17-10-9-13-3-6-15(7-4-13)23(2,21)22/h3-8,11,17H,9-10H2,1-2H3. The molecule has 0 bridgehead atoms. The van der Waals surface area contributed by atoms with Crippen LogP contribution >= 0.6 is 0 Å². The largest absolute Gasteiger partial charge is 0.384 e. The predicted octanol–water partition coefficient (Wildman–Crippen LogP) is 2.96. The van der Waals surface area contributed by atoms with Crippen LogP contribution in [0.5, 0.6) is 0 Å². The van der Waals surface area contributed by atoms with Crippen molar-refractivity contribution in [3.8, 4) is 0 Å². The highest BCUT2D eigenvalue weighted by atomic mass is 32.2. The third-order valence-electron chi connectivity index (χ3n) is 3.50. The summed E-state index contributed by atoms with van der Waals surface area (Å²) in [5.41, 5.74) is 2.75. The van der Waals surface area contributed by atoms with Crippen LogP contribution in [0, 0.1) is 17.0 Å². The molecule has 0 atom stereocenters. The summed E-state index contributed by atoms with van der Waals surface area (Å²) in [5.74, 6) is 0. The van der Waals surface area contributed by atoms with Crippen LogP contribution in [0.4, 0.5) is 11.4 Å². The van der Waals surface area contributed by atoms with Crippen LogP contribution in [0.1, 0.15) is 11.1 Å². The van der Waals surface area contributed by atoms with Gasteiger partial charge in [-0.3, -0.25) is 10.1 Å². The van der Waals surface area contributed by atoms with Gasteiger partial charge in [0.25, 0.3) is 5.69 Å². The summed E-state index contributed by atoms with van der Waals surface area (Å²) < 4.78 is 22.8. The molecule has 0 saturated heterocycles. The minimum atomic E-state index is -3.17. The zero-order chi connectivity index (χ0) is 17.0. The number of nitrogens with zero attached hydrogens (tertiary/aromatic N) is 1. The number of non-ortho nitro benzene ring substituents is 1. The van der Waals surface area contributed by atoms with Gasteiger partial charge in [-0.1, -0.05) is 12.1 Å². The molecule has 0 radical (unpaired) electrons. The Hall–Kier alpha value is -2.41. The summed E-state index contributed by atoms with van der Waals surface area (Å²) in [7, 11) is -3.17. The molecule has 1 N–H and O–H groups in total. The molecule has 0 spiro atoms. The maximum absolute atomic E-state index is 11.4. The molecule has 0 aliphatic heterocycles. The lowest BCUT2D eigenvalue weighted by Gasteiger charge is -2.09. The van der Waals surface area contributed by atoms with Crippen LogP contribution in [0.3, 0.4) is 0 Å². The Bertz CT molecular complexity index is 814. The van der Waals surface area contributed by atoms with Gasteiger partial charge in [0.15, 0.2) is 9.84 Å². The predicted molar refractivity (Wildman–Crippen MR) is 89.6 cm³/mol. The van der Waals surface area contributed by atoms with Crippen molar-refractivity contribution >= 4 is 21.2 Å².